The number of carbonyl (C=O) groups is 14. The average Bonchev–Trinajstić information content (AvgIpc) is 1.57. The van der Waals surface area contributed by atoms with Gasteiger partial charge in [-0.05, 0) is 118 Å². The van der Waals surface area contributed by atoms with Crippen LogP contribution in [0.15, 0.2) is 48.5 Å². The first-order valence-electron chi connectivity index (χ1n) is 37.6. The molecule has 1 saturated heterocycles. The molecule has 0 aromatic heterocycles. The van der Waals surface area contributed by atoms with Crippen LogP contribution in [0.1, 0.15) is 214 Å². The Bertz CT molecular complexity index is 3240. The summed E-state index contributed by atoms with van der Waals surface area (Å²) < 4.78 is 5.84. The number of aliphatic hydroxyl groups is 1. The number of nitrogens with zero attached hydrogens (tertiary/aromatic N) is 1. The molecule has 31 nitrogen and oxygen atoms in total. The van der Waals surface area contributed by atoms with E-state index < -0.39 is 193 Å². The first-order chi connectivity index (χ1) is 50.3. The van der Waals surface area contributed by atoms with E-state index in [4.69, 9.17) is 16.2 Å². The zero-order valence-electron chi connectivity index (χ0n) is 62.5. The van der Waals surface area contributed by atoms with Crippen LogP contribution in [0.2, 0.25) is 0 Å². The second-order valence-electron chi connectivity index (χ2n) is 28.5. The largest absolute Gasteiger partial charge is 0.508 e. The number of carboxylic acid groups (broad SMARTS) is 2. The van der Waals surface area contributed by atoms with E-state index in [-0.39, 0.29) is 81.5 Å². The Hall–Kier alpha value is -9.26. The fourth-order valence-electron chi connectivity index (χ4n) is 12.5. The number of rotatable bonds is 37. The molecule has 0 unspecified atom stereocenters. The van der Waals surface area contributed by atoms with E-state index in [2.05, 4.69) is 61.7 Å². The zero-order chi connectivity index (χ0) is 78.6. The fourth-order valence-corrected chi connectivity index (χ4v) is 12.5. The quantitative estimate of drug-likeness (QED) is 0.0200. The summed E-state index contributed by atoms with van der Waals surface area (Å²) in [6.45, 7) is 12.1. The van der Waals surface area contributed by atoms with Gasteiger partial charge in [-0.2, -0.15) is 0 Å². The van der Waals surface area contributed by atoms with E-state index in [0.29, 0.717) is 18.4 Å². The molecule has 0 saturated carbocycles. The van der Waals surface area contributed by atoms with Gasteiger partial charge in [-0.1, -0.05) is 143 Å². The van der Waals surface area contributed by atoms with E-state index >= 15 is 0 Å². The molecule has 2 bridgehead atoms. The van der Waals surface area contributed by atoms with E-state index in [1.807, 2.05) is 0 Å². The van der Waals surface area contributed by atoms with E-state index in [0.717, 1.165) is 49.8 Å². The van der Waals surface area contributed by atoms with Crippen molar-refractivity contribution in [2.75, 3.05) is 13.1 Å². The van der Waals surface area contributed by atoms with Gasteiger partial charge in [-0.3, -0.25) is 62.3 Å². The number of aromatic hydroxyl groups is 1. The molecule has 1 fully saturated rings. The van der Waals surface area contributed by atoms with Gasteiger partial charge in [0.2, 0.25) is 65.0 Å². The highest BCUT2D eigenvalue weighted by molar-refractivity contribution is 6.00. The van der Waals surface area contributed by atoms with Gasteiger partial charge in [0.15, 0.2) is 0 Å². The second kappa shape index (κ2) is 46.6. The van der Waals surface area contributed by atoms with Gasteiger partial charge in [0, 0.05) is 45.1 Å². The van der Waals surface area contributed by atoms with Crippen LogP contribution in [0.5, 0.6) is 11.5 Å². The predicted octanol–water partition coefficient (Wildman–Crippen LogP) is 2.99. The number of carboxylic acids is 2. The molecule has 13 atom stereocenters. The fraction of sp³-hybridized carbons (Fsp3) is 0.653. The molecule has 5 rings (SSSR count). The van der Waals surface area contributed by atoms with E-state index in [1.54, 1.807) is 27.7 Å². The monoisotopic (exact) mass is 1490 g/mol. The van der Waals surface area contributed by atoms with Crippen LogP contribution < -0.4 is 64.1 Å². The smallest absolute Gasteiger partial charge is 0.334 e. The molecule has 31 heteroatoms. The Morgan fingerprint density at radius 1 is 0.575 bits per heavy atom. The van der Waals surface area contributed by atoms with Crippen molar-refractivity contribution < 1.29 is 92.3 Å². The van der Waals surface area contributed by atoms with Crippen molar-refractivity contribution in [3.8, 4) is 11.5 Å². The minimum Gasteiger partial charge on any atom is -0.508 e. The number of unbranched alkanes of at least 4 members (excludes halogenated alkanes) is 9. The molecule has 3 aliphatic heterocycles. The van der Waals surface area contributed by atoms with Crippen LogP contribution in [0.3, 0.4) is 0 Å². The average molecular weight is 1490 g/mol. The minimum absolute atomic E-state index is 0.00628. The van der Waals surface area contributed by atoms with Crippen molar-refractivity contribution in [3.63, 3.8) is 0 Å². The van der Waals surface area contributed by atoms with Crippen LogP contribution in [0, 0.1) is 17.8 Å². The first kappa shape index (κ1) is 89.1. The number of aliphatic hydroxyl groups excluding tert-OH is 1. The van der Waals surface area contributed by atoms with Crippen LogP contribution in [0.25, 0.3) is 0 Å². The second-order valence-corrected chi connectivity index (χ2v) is 28.5. The van der Waals surface area contributed by atoms with Gasteiger partial charge in [-0.15, -0.1) is 0 Å². The van der Waals surface area contributed by atoms with Gasteiger partial charge in [0.25, 0.3) is 0 Å². The van der Waals surface area contributed by atoms with E-state index in [9.17, 15) is 87.5 Å². The summed E-state index contributed by atoms with van der Waals surface area (Å²) in [4.78, 5) is 196. The number of amides is 11. The molecule has 3 heterocycles. The lowest BCUT2D eigenvalue weighted by Gasteiger charge is -2.32. The van der Waals surface area contributed by atoms with Gasteiger partial charge in [0.05, 0.1) is 6.10 Å². The van der Waals surface area contributed by atoms with Crippen molar-refractivity contribution >= 4 is 82.9 Å². The van der Waals surface area contributed by atoms with Gasteiger partial charge < -0.3 is 89.4 Å². The number of esters is 1. The number of carbonyl (C=O) groups excluding carboxylic acids is 12. The summed E-state index contributed by atoms with van der Waals surface area (Å²) in [5, 5.41) is 64.0. The minimum atomic E-state index is -1.97. The summed E-state index contributed by atoms with van der Waals surface area (Å²) >= 11 is 0. The summed E-state index contributed by atoms with van der Waals surface area (Å²) in [6.07, 6.45) is 7.72. The molecule has 0 radical (unpaired) electrons. The van der Waals surface area contributed by atoms with E-state index in [1.165, 1.54) is 87.1 Å². The summed E-state index contributed by atoms with van der Waals surface area (Å²) in [7, 11) is 0. The number of benzene rings is 2. The Labute approximate surface area is 620 Å². The highest BCUT2D eigenvalue weighted by Crippen LogP contribution is 2.24. The van der Waals surface area contributed by atoms with Crippen LogP contribution in [-0.4, -0.2) is 188 Å². The standard InChI is InChI=1S/C75H116N12O19/c1-8-45(5)22-18-16-14-12-10-11-13-15-17-19-25-60(91)78-53(35-38-61(92)93)67(97)79-52(23-20-40-76)66(96)82-57-43-49-28-32-51(33-29-49)106-75(105)64(46(6)9-2)85-70(100)56(42-48-26-30-50(89)31-27-48)83-68(98)54(34-37-59(77)90)80-72(102)58-24-21-41-87(58)74(104)63(44(3)4)84-69(99)55(36-39-62(94)95)81-73(103)65(47(7)88)86-71(57)101/h26-33,44-47,52-58,63-65,88-89H,8-25,34-43,76H2,1-7H3,(H2,77,90)(H,78,91)(H,79,97)(H,80,102)(H,81,103)(H,82,96)(H,83,98)(H,84,99)(H,85,100)(H,86,101)(H,92,93)(H,94,95)/t45-,46-,47+,52-,53+,54+,55+,56+,57-,58+,63-,64-,65+/m1/s1. The lowest BCUT2D eigenvalue weighted by molar-refractivity contribution is -0.144. The van der Waals surface area contributed by atoms with Crippen LogP contribution in [0.4, 0.5) is 0 Å². The topological polar surface area (TPSA) is 493 Å². The number of hydrogen-bond donors (Lipinski definition) is 15. The molecule has 3 aliphatic rings. The summed E-state index contributed by atoms with van der Waals surface area (Å²) in [5.74, 6) is -14.8. The lowest BCUT2D eigenvalue weighted by atomic mass is 9.97. The number of aliphatic carboxylic acids is 2. The highest BCUT2D eigenvalue weighted by atomic mass is 16.5. The molecule has 2 aromatic carbocycles. The normalized spacial score (nSPS) is 21.8. The van der Waals surface area contributed by atoms with Gasteiger partial charge in [0.1, 0.15) is 71.9 Å². The first-order valence-corrected chi connectivity index (χ1v) is 37.6. The number of primary amides is 1. The highest BCUT2D eigenvalue weighted by Gasteiger charge is 2.42. The molecular weight excluding hydrogens is 1370 g/mol. The summed E-state index contributed by atoms with van der Waals surface area (Å²) in [5.41, 5.74) is 12.1. The Balaban J connectivity index is 1.76. The SMILES string of the molecule is CC[C@@H](C)CCCCCCCCCCCCC(=O)N[C@@H](CCC(=O)O)C(=O)N[C@H](CCCN)C(=O)N[C@@H]1Cc2ccc(cc2)OC(=O)[C@@H]([C@H](C)CC)NC(=O)[C@H](Cc2ccc(O)cc2)NC(=O)[C@H](CCC(N)=O)NC(=O)[C@@H]2CCCN2C(=O)[C@@H](C(C)C)NC(=O)[C@H](CCC(=O)O)NC(=O)[C@H]([C@H](C)O)NC1=O. The molecule has 17 N–H and O–H groups in total. The van der Waals surface area contributed by atoms with Crippen molar-refractivity contribution in [1.29, 1.82) is 0 Å². The Kier molecular flexibility index (Phi) is 39.2. The van der Waals surface area contributed by atoms with Crippen LogP contribution >= 0.6 is 0 Å². The predicted molar refractivity (Wildman–Crippen MR) is 391 cm³/mol. The third-order valence-corrected chi connectivity index (χ3v) is 19.4. The zero-order valence-corrected chi connectivity index (χ0v) is 62.5. The third-order valence-electron chi connectivity index (χ3n) is 19.4. The molecule has 0 aliphatic carbocycles. The number of nitrogens with one attached hydrogen (secondary N) is 9. The Morgan fingerprint density at radius 3 is 1.70 bits per heavy atom. The maximum Gasteiger partial charge on any atom is 0.334 e. The van der Waals surface area contributed by atoms with Crippen molar-refractivity contribution in [2.24, 2.45) is 29.2 Å². The van der Waals surface area contributed by atoms with Crippen molar-refractivity contribution in [1.82, 2.24) is 52.8 Å². The maximum absolute atomic E-state index is 14.9. The number of nitrogens with two attached hydrogens (primary N) is 2. The Morgan fingerprint density at radius 2 is 1.12 bits per heavy atom. The molecular formula is C75H116N12O19. The van der Waals surface area contributed by atoms with Crippen molar-refractivity contribution in [2.45, 2.75) is 282 Å². The molecule has 590 valence electrons. The molecule has 11 amide bonds. The number of fused-ring (bicyclic) bond motifs is 23. The van der Waals surface area contributed by atoms with Gasteiger partial charge in [-0.25, -0.2) is 4.79 Å². The number of hydrogen-bond acceptors (Lipinski definition) is 18. The third kappa shape index (κ3) is 31.4. The molecule has 2 aromatic rings. The molecule has 0 spiro atoms. The molecule has 106 heavy (non-hydrogen) atoms. The summed E-state index contributed by atoms with van der Waals surface area (Å²) in [6, 6.07) is -4.51. The number of phenolic OH excluding ortho intramolecular Hbond substituents is 1. The maximum atomic E-state index is 14.9. The number of ether oxygens (including phenoxy) is 1. The lowest BCUT2D eigenvalue weighted by Crippen LogP contribution is -2.62. The van der Waals surface area contributed by atoms with Gasteiger partial charge >= 0.3 is 17.9 Å². The van der Waals surface area contributed by atoms with Crippen molar-refractivity contribution in [3.05, 3.63) is 59.7 Å². The van der Waals surface area contributed by atoms with Crippen LogP contribution in [-0.2, 0) is 80.0 Å². The number of phenols is 1.